The van der Waals surface area contributed by atoms with Crippen molar-refractivity contribution in [2.24, 2.45) is 0 Å². The van der Waals surface area contributed by atoms with E-state index in [1.165, 1.54) is 11.6 Å². The van der Waals surface area contributed by atoms with Crippen LogP contribution >= 0.6 is 0 Å². The van der Waals surface area contributed by atoms with Crippen LogP contribution in [-0.2, 0) is 6.54 Å². The van der Waals surface area contributed by atoms with E-state index >= 15 is 0 Å². The molecule has 0 atom stereocenters. The molecule has 1 fully saturated rings. The van der Waals surface area contributed by atoms with Gasteiger partial charge in [-0.2, -0.15) is 5.26 Å². The normalized spacial score (nSPS) is 17.6. The molecule has 0 bridgehead atoms. The highest BCUT2D eigenvalue weighted by molar-refractivity contribution is 5.44. The quantitative estimate of drug-likeness (QED) is 0.641. The first-order valence-electron chi connectivity index (χ1n) is 6.76. The van der Waals surface area contributed by atoms with Gasteiger partial charge >= 0.3 is 0 Å². The van der Waals surface area contributed by atoms with E-state index in [1.807, 2.05) is 18.3 Å². The molecule has 1 aromatic carbocycles. The van der Waals surface area contributed by atoms with E-state index in [0.717, 1.165) is 44.2 Å². The third-order valence-electron chi connectivity index (χ3n) is 3.61. The van der Waals surface area contributed by atoms with Crippen molar-refractivity contribution in [3.8, 4) is 17.6 Å². The molecule has 2 heterocycles. The second-order valence-corrected chi connectivity index (χ2v) is 4.94. The Morgan fingerprint density at radius 3 is 2.67 bits per heavy atom. The lowest BCUT2D eigenvalue weighted by Crippen LogP contribution is -3.00. The summed E-state index contributed by atoms with van der Waals surface area (Å²) >= 11 is 0. The predicted octanol–water partition coefficient (Wildman–Crippen LogP) is -1.43. The maximum absolute atomic E-state index is 8.52. The molecule has 0 N–H and O–H groups in total. The third-order valence-corrected chi connectivity index (χ3v) is 3.61. The number of rotatable bonds is 3. The van der Waals surface area contributed by atoms with Crippen molar-refractivity contribution >= 4 is 0 Å². The first kappa shape index (κ1) is 15.5. The second kappa shape index (κ2) is 7.21. The van der Waals surface area contributed by atoms with Crippen molar-refractivity contribution in [2.75, 3.05) is 33.0 Å². The maximum Gasteiger partial charge on any atom is 0.231 e. The molecule has 1 aromatic rings. The van der Waals surface area contributed by atoms with Gasteiger partial charge in [-0.25, -0.2) is 0 Å². The number of nitriles is 1. The van der Waals surface area contributed by atoms with Gasteiger partial charge in [0.1, 0.15) is 0 Å². The number of allylic oxidation sites excluding steroid dienone is 1. The third kappa shape index (κ3) is 3.81. The fraction of sp³-hybridized carbons (Fsp3) is 0.400. The number of nitrogens with zero attached hydrogens (tertiary/aromatic N) is 3. The van der Waals surface area contributed by atoms with Gasteiger partial charge in [-0.15, -0.1) is 0 Å². The molecule has 0 aliphatic carbocycles. The molecule has 0 unspecified atom stereocenters. The average Bonchev–Trinajstić information content (AvgIpc) is 2.94. The molecule has 0 radical (unpaired) electrons. The number of ether oxygens (including phenoxy) is 2. The molecule has 0 aromatic heterocycles. The minimum absolute atomic E-state index is 0. The van der Waals surface area contributed by atoms with Crippen molar-refractivity contribution in [1.29, 1.82) is 5.26 Å². The Kier molecular flexibility index (Phi) is 5.32. The summed E-state index contributed by atoms with van der Waals surface area (Å²) in [7, 11) is 0. The number of halogens is 1. The number of piperazine rings is 1. The fourth-order valence-corrected chi connectivity index (χ4v) is 2.51. The van der Waals surface area contributed by atoms with Crippen molar-refractivity contribution in [2.45, 2.75) is 6.54 Å². The van der Waals surface area contributed by atoms with Crippen molar-refractivity contribution in [3.05, 3.63) is 36.0 Å². The molecule has 3 rings (SSSR count). The van der Waals surface area contributed by atoms with E-state index in [0.29, 0.717) is 6.79 Å². The average molecular weight is 307 g/mol. The first-order chi connectivity index (χ1) is 9.85. The number of hydrogen-bond acceptors (Lipinski definition) is 5. The molecule has 5 nitrogen and oxygen atoms in total. The molecule has 0 spiro atoms. The zero-order valence-corrected chi connectivity index (χ0v) is 12.4. The minimum Gasteiger partial charge on any atom is -1.00 e. The van der Waals surface area contributed by atoms with Gasteiger partial charge in [-0.3, -0.25) is 4.90 Å². The summed E-state index contributed by atoms with van der Waals surface area (Å²) in [5.74, 6) is 1.68. The standard InChI is InChI=1S/C15H17N3O2.ClH/c16-4-1-5-17-6-8-18(9-7-17)11-13-2-3-14-15(10-13)20-12-19-14;/h1-3,5,10H,6-9,11-12H2;1H/p-1/b5-1+;. The van der Waals surface area contributed by atoms with Crippen LogP contribution in [0, 0.1) is 11.3 Å². The molecule has 0 amide bonds. The van der Waals surface area contributed by atoms with Gasteiger partial charge in [0.05, 0.1) is 6.07 Å². The highest BCUT2D eigenvalue weighted by atomic mass is 35.5. The molecule has 2 aliphatic rings. The first-order valence-corrected chi connectivity index (χ1v) is 6.76. The summed E-state index contributed by atoms with van der Waals surface area (Å²) in [5, 5.41) is 8.52. The Hall–Kier alpha value is -1.90. The summed E-state index contributed by atoms with van der Waals surface area (Å²) in [6.45, 7) is 5.18. The van der Waals surface area contributed by atoms with Gasteiger partial charge in [0, 0.05) is 45.0 Å². The van der Waals surface area contributed by atoms with Crippen LogP contribution in [0.5, 0.6) is 11.5 Å². The van der Waals surface area contributed by atoms with Crippen molar-refractivity contribution in [1.82, 2.24) is 9.80 Å². The topological polar surface area (TPSA) is 48.7 Å². The van der Waals surface area contributed by atoms with Crippen LogP contribution in [0.25, 0.3) is 0 Å². The lowest BCUT2D eigenvalue weighted by atomic mass is 10.1. The van der Waals surface area contributed by atoms with Crippen LogP contribution in [-0.4, -0.2) is 42.8 Å². The van der Waals surface area contributed by atoms with Crippen LogP contribution in [0.4, 0.5) is 0 Å². The second-order valence-electron chi connectivity index (χ2n) is 4.94. The maximum atomic E-state index is 8.52. The van der Waals surface area contributed by atoms with E-state index in [-0.39, 0.29) is 12.4 Å². The molecule has 0 saturated carbocycles. The highest BCUT2D eigenvalue weighted by Crippen LogP contribution is 2.32. The van der Waals surface area contributed by atoms with Gasteiger partial charge in [-0.05, 0) is 17.7 Å². The molecule has 6 heteroatoms. The molecular formula is C15H17ClN3O2-. The summed E-state index contributed by atoms with van der Waals surface area (Å²) in [6, 6.07) is 8.16. The molecule has 112 valence electrons. The number of benzene rings is 1. The van der Waals surface area contributed by atoms with Crippen molar-refractivity contribution < 1.29 is 21.9 Å². The summed E-state index contributed by atoms with van der Waals surface area (Å²) in [4.78, 5) is 4.59. The lowest BCUT2D eigenvalue weighted by Gasteiger charge is -2.33. The van der Waals surface area contributed by atoms with E-state index < -0.39 is 0 Å². The Balaban J connectivity index is 0.00000161. The van der Waals surface area contributed by atoms with Gasteiger partial charge in [0.2, 0.25) is 6.79 Å². The Labute approximate surface area is 130 Å². The van der Waals surface area contributed by atoms with Gasteiger partial charge in [-0.1, -0.05) is 6.07 Å². The van der Waals surface area contributed by atoms with Crippen LogP contribution in [0.3, 0.4) is 0 Å². The lowest BCUT2D eigenvalue weighted by molar-refractivity contribution is -0.00000588. The molecule has 21 heavy (non-hydrogen) atoms. The van der Waals surface area contributed by atoms with Crippen LogP contribution in [0.1, 0.15) is 5.56 Å². The summed E-state index contributed by atoms with van der Waals surface area (Å²) in [6.07, 6.45) is 3.41. The molecule has 2 aliphatic heterocycles. The number of fused-ring (bicyclic) bond motifs is 1. The van der Waals surface area contributed by atoms with E-state index in [1.54, 1.807) is 0 Å². The Bertz CT molecular complexity index is 548. The highest BCUT2D eigenvalue weighted by Gasteiger charge is 2.17. The molecular weight excluding hydrogens is 290 g/mol. The molecule has 1 saturated heterocycles. The van der Waals surface area contributed by atoms with Crippen LogP contribution < -0.4 is 21.9 Å². The van der Waals surface area contributed by atoms with Gasteiger partial charge < -0.3 is 26.8 Å². The largest absolute Gasteiger partial charge is 1.00 e. The number of hydrogen-bond donors (Lipinski definition) is 0. The van der Waals surface area contributed by atoms with E-state index in [2.05, 4.69) is 21.9 Å². The van der Waals surface area contributed by atoms with Crippen LogP contribution in [0.2, 0.25) is 0 Å². The Morgan fingerprint density at radius 2 is 1.90 bits per heavy atom. The van der Waals surface area contributed by atoms with E-state index in [9.17, 15) is 0 Å². The predicted molar refractivity (Wildman–Crippen MR) is 74.2 cm³/mol. The minimum atomic E-state index is 0. The van der Waals surface area contributed by atoms with Gasteiger partial charge in [0.15, 0.2) is 11.5 Å². The zero-order valence-electron chi connectivity index (χ0n) is 11.7. The monoisotopic (exact) mass is 306 g/mol. The van der Waals surface area contributed by atoms with E-state index in [4.69, 9.17) is 14.7 Å². The van der Waals surface area contributed by atoms with Gasteiger partial charge in [0.25, 0.3) is 0 Å². The summed E-state index contributed by atoms with van der Waals surface area (Å²) < 4.78 is 10.7. The van der Waals surface area contributed by atoms with Crippen LogP contribution in [0.15, 0.2) is 30.5 Å². The fourth-order valence-electron chi connectivity index (χ4n) is 2.51. The van der Waals surface area contributed by atoms with Crippen molar-refractivity contribution in [3.63, 3.8) is 0 Å². The Morgan fingerprint density at radius 1 is 1.14 bits per heavy atom. The zero-order chi connectivity index (χ0) is 13.8. The SMILES string of the molecule is N#C/C=C/N1CCN(Cc2ccc3c(c2)OCO3)CC1.[Cl-]. The summed E-state index contributed by atoms with van der Waals surface area (Å²) in [5.41, 5.74) is 1.25. The smallest absolute Gasteiger partial charge is 0.231 e.